The van der Waals surface area contributed by atoms with Crippen molar-refractivity contribution < 1.29 is 14.6 Å². The van der Waals surface area contributed by atoms with Gasteiger partial charge in [0.1, 0.15) is 12.4 Å². The molecule has 0 saturated carbocycles. The van der Waals surface area contributed by atoms with Crippen LogP contribution in [-0.2, 0) is 16.0 Å². The number of nitrogens with one attached hydrogen (secondary N) is 1. The summed E-state index contributed by atoms with van der Waals surface area (Å²) < 4.78 is 4.89. The number of H-pyrrole nitrogens is 1. The second-order valence-corrected chi connectivity index (χ2v) is 3.04. The number of aromatic amines is 1. The maximum atomic E-state index is 10.1. The molecule has 1 heterocycles. The average Bonchev–Trinajstić information content (AvgIpc) is 2.50. The van der Waals surface area contributed by atoms with E-state index in [0.29, 0.717) is 6.61 Å². The fraction of sp³-hybridized carbons (Fsp3) is 0.556. The van der Waals surface area contributed by atoms with E-state index < -0.39 is 5.97 Å². The lowest BCUT2D eigenvalue weighted by molar-refractivity contribution is -0.142. The number of nitrogens with zero attached hydrogens (tertiary/aromatic N) is 1. The molecule has 0 spiro atoms. The van der Waals surface area contributed by atoms with Crippen molar-refractivity contribution in [2.75, 3.05) is 13.2 Å². The van der Waals surface area contributed by atoms with Gasteiger partial charge in [-0.05, 0) is 19.8 Å². The molecule has 0 aromatic carbocycles. The van der Waals surface area contributed by atoms with Crippen LogP contribution in [0.2, 0.25) is 0 Å². The normalized spacial score (nSPS) is 10.4. The molecular formula is C9H14N2O3. The molecule has 1 aromatic rings. The largest absolute Gasteiger partial charge is 0.480 e. The van der Waals surface area contributed by atoms with E-state index in [2.05, 4.69) is 9.97 Å². The number of hydrogen-bond donors (Lipinski definition) is 2. The first-order valence-corrected chi connectivity index (χ1v) is 4.48. The lowest BCUT2D eigenvalue weighted by Crippen LogP contribution is -2.08. The Kier molecular flexibility index (Phi) is 4.12. The summed E-state index contributed by atoms with van der Waals surface area (Å²) in [7, 11) is 0. The molecule has 0 aliphatic rings. The molecule has 0 fully saturated rings. The number of aryl methyl sites for hydroxylation is 2. The summed E-state index contributed by atoms with van der Waals surface area (Å²) in [5.41, 5.74) is 1.06. The van der Waals surface area contributed by atoms with Crippen molar-refractivity contribution in [3.63, 3.8) is 0 Å². The highest BCUT2D eigenvalue weighted by molar-refractivity contribution is 5.67. The molecule has 0 unspecified atom stereocenters. The van der Waals surface area contributed by atoms with Gasteiger partial charge >= 0.3 is 5.97 Å². The minimum absolute atomic E-state index is 0.220. The molecule has 0 aliphatic carbocycles. The molecule has 5 heteroatoms. The van der Waals surface area contributed by atoms with Crippen molar-refractivity contribution in [3.8, 4) is 0 Å². The molecule has 1 aromatic heterocycles. The summed E-state index contributed by atoms with van der Waals surface area (Å²) in [6.45, 7) is 2.14. The Morgan fingerprint density at radius 2 is 2.50 bits per heavy atom. The lowest BCUT2D eigenvalue weighted by Gasteiger charge is -1.99. The van der Waals surface area contributed by atoms with E-state index in [0.717, 1.165) is 24.4 Å². The highest BCUT2D eigenvalue weighted by Crippen LogP contribution is 1.99. The van der Waals surface area contributed by atoms with Crippen molar-refractivity contribution in [1.29, 1.82) is 0 Å². The second kappa shape index (κ2) is 5.39. The fourth-order valence-electron chi connectivity index (χ4n) is 1.12. The number of carboxylic acid groups (broad SMARTS) is 1. The minimum Gasteiger partial charge on any atom is -0.480 e. The van der Waals surface area contributed by atoms with Crippen LogP contribution in [0.3, 0.4) is 0 Å². The molecule has 0 radical (unpaired) electrons. The van der Waals surface area contributed by atoms with Crippen molar-refractivity contribution in [2.45, 2.75) is 19.8 Å². The Hall–Kier alpha value is -1.36. The van der Waals surface area contributed by atoms with Gasteiger partial charge in [-0.2, -0.15) is 0 Å². The van der Waals surface area contributed by atoms with Crippen LogP contribution in [0.5, 0.6) is 0 Å². The van der Waals surface area contributed by atoms with E-state index in [1.54, 1.807) is 6.20 Å². The zero-order valence-corrected chi connectivity index (χ0v) is 8.12. The molecule has 0 bridgehead atoms. The summed E-state index contributed by atoms with van der Waals surface area (Å²) in [6, 6.07) is 0. The van der Waals surface area contributed by atoms with E-state index in [1.165, 1.54) is 0 Å². The van der Waals surface area contributed by atoms with Gasteiger partial charge in [0.05, 0.1) is 0 Å². The van der Waals surface area contributed by atoms with Crippen LogP contribution in [0, 0.1) is 6.92 Å². The molecule has 0 amide bonds. The van der Waals surface area contributed by atoms with E-state index in [1.807, 2.05) is 6.92 Å². The Labute approximate surface area is 82.1 Å². The molecule has 0 aliphatic heterocycles. The molecular weight excluding hydrogens is 184 g/mol. The first-order chi connectivity index (χ1) is 6.68. The zero-order chi connectivity index (χ0) is 10.4. The number of carbonyl (C=O) groups is 1. The first kappa shape index (κ1) is 10.7. The van der Waals surface area contributed by atoms with Gasteiger partial charge in [0.15, 0.2) is 0 Å². The van der Waals surface area contributed by atoms with Gasteiger partial charge in [-0.1, -0.05) is 0 Å². The quantitative estimate of drug-likeness (QED) is 0.661. The number of aromatic nitrogens is 2. The fourth-order valence-corrected chi connectivity index (χ4v) is 1.12. The third-order valence-corrected chi connectivity index (χ3v) is 1.72. The van der Waals surface area contributed by atoms with Crippen LogP contribution < -0.4 is 0 Å². The van der Waals surface area contributed by atoms with Crippen LogP contribution in [0.4, 0.5) is 0 Å². The number of hydrogen-bond acceptors (Lipinski definition) is 3. The smallest absolute Gasteiger partial charge is 0.329 e. The van der Waals surface area contributed by atoms with Gasteiger partial charge in [-0.15, -0.1) is 0 Å². The van der Waals surface area contributed by atoms with Crippen molar-refractivity contribution in [2.24, 2.45) is 0 Å². The number of carboxylic acids is 1. The standard InChI is InChI=1S/C9H14N2O3/c1-7-10-5-8(11-7)3-2-4-14-6-9(12)13/h5H,2-4,6H2,1H3,(H,10,11)(H,12,13). The third kappa shape index (κ3) is 4.04. The van der Waals surface area contributed by atoms with Gasteiger partial charge in [-0.3, -0.25) is 0 Å². The SMILES string of the molecule is Cc1ncc(CCCOCC(=O)O)[nH]1. The Morgan fingerprint density at radius 1 is 1.71 bits per heavy atom. The summed E-state index contributed by atoms with van der Waals surface area (Å²) in [5, 5.41) is 8.29. The second-order valence-electron chi connectivity index (χ2n) is 3.04. The molecule has 0 atom stereocenters. The highest BCUT2D eigenvalue weighted by Gasteiger charge is 1.98. The molecule has 14 heavy (non-hydrogen) atoms. The molecule has 1 rings (SSSR count). The topological polar surface area (TPSA) is 75.2 Å². The Bertz CT molecular complexity index is 296. The lowest BCUT2D eigenvalue weighted by atomic mass is 10.3. The zero-order valence-electron chi connectivity index (χ0n) is 8.12. The van der Waals surface area contributed by atoms with E-state index in [9.17, 15) is 4.79 Å². The average molecular weight is 198 g/mol. The van der Waals surface area contributed by atoms with E-state index in [4.69, 9.17) is 9.84 Å². The highest BCUT2D eigenvalue weighted by atomic mass is 16.5. The monoisotopic (exact) mass is 198 g/mol. The summed E-state index contributed by atoms with van der Waals surface area (Å²) in [6.07, 6.45) is 3.42. The van der Waals surface area contributed by atoms with E-state index in [-0.39, 0.29) is 6.61 Å². The van der Waals surface area contributed by atoms with Crippen LogP contribution in [-0.4, -0.2) is 34.3 Å². The van der Waals surface area contributed by atoms with Gasteiger partial charge in [0, 0.05) is 18.5 Å². The van der Waals surface area contributed by atoms with Crippen molar-refractivity contribution in [1.82, 2.24) is 9.97 Å². The van der Waals surface area contributed by atoms with Crippen LogP contribution in [0.1, 0.15) is 17.9 Å². The third-order valence-electron chi connectivity index (χ3n) is 1.72. The van der Waals surface area contributed by atoms with Gasteiger partial charge in [0.25, 0.3) is 0 Å². The molecule has 78 valence electrons. The number of imidazole rings is 1. The van der Waals surface area contributed by atoms with Crippen LogP contribution in [0.15, 0.2) is 6.20 Å². The van der Waals surface area contributed by atoms with Gasteiger partial charge in [0.2, 0.25) is 0 Å². The number of ether oxygens (including phenoxy) is 1. The molecule has 0 saturated heterocycles. The van der Waals surface area contributed by atoms with Crippen LogP contribution in [0.25, 0.3) is 0 Å². The Balaban J connectivity index is 2.07. The molecule has 2 N–H and O–H groups in total. The Morgan fingerprint density at radius 3 is 3.07 bits per heavy atom. The van der Waals surface area contributed by atoms with Gasteiger partial charge < -0.3 is 14.8 Å². The molecule has 5 nitrogen and oxygen atoms in total. The maximum Gasteiger partial charge on any atom is 0.329 e. The number of rotatable bonds is 6. The number of aliphatic carboxylic acids is 1. The minimum atomic E-state index is -0.928. The van der Waals surface area contributed by atoms with Crippen molar-refractivity contribution >= 4 is 5.97 Å². The summed E-state index contributed by atoms with van der Waals surface area (Å²) in [5.74, 6) is -0.0335. The summed E-state index contributed by atoms with van der Waals surface area (Å²) >= 11 is 0. The predicted molar refractivity (Wildman–Crippen MR) is 50.1 cm³/mol. The predicted octanol–water partition coefficient (Wildman–Crippen LogP) is 0.752. The maximum absolute atomic E-state index is 10.1. The van der Waals surface area contributed by atoms with E-state index >= 15 is 0 Å². The first-order valence-electron chi connectivity index (χ1n) is 4.48. The van der Waals surface area contributed by atoms with Crippen molar-refractivity contribution in [3.05, 3.63) is 17.7 Å². The van der Waals surface area contributed by atoms with Gasteiger partial charge in [-0.25, -0.2) is 9.78 Å². The van der Waals surface area contributed by atoms with Crippen LogP contribution >= 0.6 is 0 Å². The summed E-state index contributed by atoms with van der Waals surface area (Å²) in [4.78, 5) is 17.2.